The highest BCUT2D eigenvalue weighted by molar-refractivity contribution is 5.58. The summed E-state index contributed by atoms with van der Waals surface area (Å²) in [4.78, 5) is 13.3. The molecule has 2 aliphatic rings. The maximum atomic E-state index is 13.5. The van der Waals surface area contributed by atoms with E-state index in [-0.39, 0.29) is 11.6 Å². The van der Waals surface area contributed by atoms with Crippen molar-refractivity contribution >= 4 is 17.6 Å². The Kier molecular flexibility index (Phi) is 5.38. The van der Waals surface area contributed by atoms with E-state index in [0.717, 1.165) is 57.6 Å². The van der Waals surface area contributed by atoms with Crippen LogP contribution in [0, 0.1) is 23.0 Å². The van der Waals surface area contributed by atoms with Crippen LogP contribution in [0.15, 0.2) is 36.7 Å². The summed E-state index contributed by atoms with van der Waals surface area (Å²) in [5.74, 6) is -0.108. The lowest BCUT2D eigenvalue weighted by Gasteiger charge is -2.42. The lowest BCUT2D eigenvalue weighted by Crippen LogP contribution is -2.56. The fourth-order valence-corrected chi connectivity index (χ4v) is 3.79. The van der Waals surface area contributed by atoms with Crippen LogP contribution in [0.5, 0.6) is 0 Å². The Hall–Kier alpha value is -3.62. The summed E-state index contributed by atoms with van der Waals surface area (Å²) < 4.78 is 33.5. The fourth-order valence-electron chi connectivity index (χ4n) is 3.79. The summed E-state index contributed by atoms with van der Waals surface area (Å²) in [5, 5.41) is 16.6. The second-order valence-corrected chi connectivity index (χ2v) is 7.69. The summed E-state index contributed by atoms with van der Waals surface area (Å²) in [6.45, 7) is 5.00. The van der Waals surface area contributed by atoms with Crippen molar-refractivity contribution in [2.45, 2.75) is 6.04 Å². The van der Waals surface area contributed by atoms with E-state index < -0.39 is 11.6 Å². The van der Waals surface area contributed by atoms with E-state index >= 15 is 0 Å². The number of nitrogens with one attached hydrogen (secondary N) is 1. The van der Waals surface area contributed by atoms with Gasteiger partial charge < -0.3 is 15.0 Å². The molecule has 2 saturated heterocycles. The van der Waals surface area contributed by atoms with Crippen LogP contribution in [0.25, 0.3) is 5.69 Å². The van der Waals surface area contributed by atoms with Crippen molar-refractivity contribution in [3.05, 3.63) is 53.9 Å². The summed E-state index contributed by atoms with van der Waals surface area (Å²) in [7, 11) is 0. The van der Waals surface area contributed by atoms with Crippen LogP contribution >= 0.6 is 0 Å². The van der Waals surface area contributed by atoms with Crippen molar-refractivity contribution in [1.82, 2.24) is 24.6 Å². The molecule has 0 bridgehead atoms. The maximum absolute atomic E-state index is 13.5. The molecule has 0 saturated carbocycles. The summed E-state index contributed by atoms with van der Waals surface area (Å²) >= 11 is 0. The molecule has 2 aromatic heterocycles. The Bertz CT molecular complexity index is 1140. The summed E-state index contributed by atoms with van der Waals surface area (Å²) in [6, 6.07) is 9.13. The smallest absolute Gasteiger partial charge is 0.248 e. The van der Waals surface area contributed by atoms with Crippen LogP contribution < -0.4 is 10.2 Å². The number of nitriles is 1. The highest BCUT2D eigenvalue weighted by Crippen LogP contribution is 2.23. The number of nitrogens with zero attached hydrogens (tertiary/aromatic N) is 7. The van der Waals surface area contributed by atoms with Gasteiger partial charge in [0.1, 0.15) is 29.6 Å². The number of anilines is 3. The first-order valence-electron chi connectivity index (χ1n) is 10.2. The van der Waals surface area contributed by atoms with E-state index in [1.54, 1.807) is 12.1 Å². The standard InChI is InChI=1S/C21H20F2N8O/c22-15-7-16(23)9-17(8-15)31-13-25-21(28-31)27-19-5-14(10-24)6-20(26-19)30-3-1-29(2-4-30)18-11-32-12-18/h5-9,13,18H,1-4,11-12H2,(H,26,27,28). The second-order valence-electron chi connectivity index (χ2n) is 7.69. The number of ether oxygens (including phenoxy) is 1. The van der Waals surface area contributed by atoms with Gasteiger partial charge in [0, 0.05) is 32.2 Å². The molecule has 5 rings (SSSR count). The lowest BCUT2D eigenvalue weighted by atomic mass is 10.1. The first kappa shape index (κ1) is 20.3. The van der Waals surface area contributed by atoms with E-state index in [1.165, 1.54) is 11.0 Å². The van der Waals surface area contributed by atoms with Crippen LogP contribution in [-0.4, -0.2) is 70.1 Å². The molecule has 32 heavy (non-hydrogen) atoms. The predicted molar refractivity (Wildman–Crippen MR) is 112 cm³/mol. The van der Waals surface area contributed by atoms with Crippen LogP contribution in [0.3, 0.4) is 0 Å². The highest BCUT2D eigenvalue weighted by atomic mass is 19.1. The second kappa shape index (κ2) is 8.49. The first-order valence-corrected chi connectivity index (χ1v) is 10.2. The van der Waals surface area contributed by atoms with Crippen molar-refractivity contribution < 1.29 is 13.5 Å². The SMILES string of the molecule is N#Cc1cc(Nc2ncn(-c3cc(F)cc(F)c3)n2)nc(N2CCN(C3COC3)CC2)c1. The molecular weight excluding hydrogens is 418 g/mol. The first-order chi connectivity index (χ1) is 15.6. The van der Waals surface area contributed by atoms with Gasteiger partial charge in [-0.3, -0.25) is 4.90 Å². The van der Waals surface area contributed by atoms with Crippen molar-refractivity contribution in [1.29, 1.82) is 5.26 Å². The molecule has 0 aliphatic carbocycles. The number of pyridine rings is 1. The molecule has 3 aromatic rings. The number of hydrogen-bond donors (Lipinski definition) is 1. The van der Waals surface area contributed by atoms with Crippen molar-refractivity contribution in [2.24, 2.45) is 0 Å². The number of benzene rings is 1. The molecule has 0 unspecified atom stereocenters. The third-order valence-corrected chi connectivity index (χ3v) is 5.56. The molecule has 9 nitrogen and oxygen atoms in total. The normalized spacial score (nSPS) is 17.1. The molecule has 2 aliphatic heterocycles. The van der Waals surface area contributed by atoms with Crippen LogP contribution in [0.1, 0.15) is 5.56 Å². The van der Waals surface area contributed by atoms with Gasteiger partial charge in [0.25, 0.3) is 0 Å². The van der Waals surface area contributed by atoms with Gasteiger partial charge in [0.2, 0.25) is 5.95 Å². The molecule has 0 spiro atoms. The Morgan fingerprint density at radius 2 is 1.78 bits per heavy atom. The molecule has 164 valence electrons. The van der Waals surface area contributed by atoms with Crippen molar-refractivity contribution in [3.8, 4) is 11.8 Å². The van der Waals surface area contributed by atoms with E-state index in [4.69, 9.17) is 4.74 Å². The van der Waals surface area contributed by atoms with Gasteiger partial charge in [-0.15, -0.1) is 5.10 Å². The quantitative estimate of drug-likeness (QED) is 0.647. The topological polar surface area (TPSA) is 95.1 Å². The number of halogens is 2. The van der Waals surface area contributed by atoms with Gasteiger partial charge in [-0.05, 0) is 24.3 Å². The molecule has 2 fully saturated rings. The third-order valence-electron chi connectivity index (χ3n) is 5.56. The fraction of sp³-hybridized carbons (Fsp3) is 0.333. The van der Waals surface area contributed by atoms with Gasteiger partial charge in [-0.25, -0.2) is 18.4 Å². The summed E-state index contributed by atoms with van der Waals surface area (Å²) in [6.07, 6.45) is 1.34. The van der Waals surface area contributed by atoms with Gasteiger partial charge in [0.15, 0.2) is 0 Å². The van der Waals surface area contributed by atoms with E-state index in [1.807, 2.05) is 0 Å². The molecule has 4 heterocycles. The maximum Gasteiger partial charge on any atom is 0.248 e. The Balaban J connectivity index is 1.32. The Morgan fingerprint density at radius 1 is 1.03 bits per heavy atom. The molecule has 0 radical (unpaired) electrons. The zero-order chi connectivity index (χ0) is 22.1. The lowest BCUT2D eigenvalue weighted by molar-refractivity contribution is -0.0660. The number of aromatic nitrogens is 4. The average molecular weight is 438 g/mol. The van der Waals surface area contributed by atoms with Crippen molar-refractivity contribution in [2.75, 3.05) is 49.6 Å². The number of piperazine rings is 1. The molecule has 1 N–H and O–H groups in total. The number of hydrogen-bond acceptors (Lipinski definition) is 8. The largest absolute Gasteiger partial charge is 0.378 e. The predicted octanol–water partition coefficient (Wildman–Crippen LogP) is 2.08. The molecule has 1 aromatic carbocycles. The van der Waals surface area contributed by atoms with Gasteiger partial charge >= 0.3 is 0 Å². The van der Waals surface area contributed by atoms with Crippen LogP contribution in [0.4, 0.5) is 26.4 Å². The minimum absolute atomic E-state index is 0.193. The Morgan fingerprint density at radius 3 is 2.44 bits per heavy atom. The molecule has 0 amide bonds. The number of rotatable bonds is 5. The average Bonchev–Trinajstić information content (AvgIpc) is 3.20. The molecular formula is C21H20F2N8O. The zero-order valence-corrected chi connectivity index (χ0v) is 17.1. The third kappa shape index (κ3) is 4.23. The molecule has 11 heteroatoms. The van der Waals surface area contributed by atoms with Crippen LogP contribution in [-0.2, 0) is 4.74 Å². The molecule has 0 atom stereocenters. The Labute approximate surface area is 182 Å². The van der Waals surface area contributed by atoms with Gasteiger partial charge in [-0.2, -0.15) is 10.2 Å². The zero-order valence-electron chi connectivity index (χ0n) is 17.1. The van der Waals surface area contributed by atoms with Gasteiger partial charge in [0.05, 0.1) is 36.6 Å². The van der Waals surface area contributed by atoms with E-state index in [0.29, 0.717) is 23.2 Å². The van der Waals surface area contributed by atoms with Crippen LogP contribution in [0.2, 0.25) is 0 Å². The van der Waals surface area contributed by atoms with E-state index in [9.17, 15) is 14.0 Å². The highest BCUT2D eigenvalue weighted by Gasteiger charge is 2.29. The summed E-state index contributed by atoms with van der Waals surface area (Å²) in [5.41, 5.74) is 0.663. The minimum Gasteiger partial charge on any atom is -0.378 e. The van der Waals surface area contributed by atoms with Gasteiger partial charge in [-0.1, -0.05) is 0 Å². The minimum atomic E-state index is -0.706. The monoisotopic (exact) mass is 438 g/mol. The van der Waals surface area contributed by atoms with E-state index in [2.05, 4.69) is 36.3 Å². The van der Waals surface area contributed by atoms with Crippen molar-refractivity contribution in [3.63, 3.8) is 0 Å².